The van der Waals surface area contributed by atoms with Crippen molar-refractivity contribution in [3.8, 4) is 0 Å². The molecule has 2 aromatic rings. The predicted molar refractivity (Wildman–Crippen MR) is 95.0 cm³/mol. The van der Waals surface area contributed by atoms with E-state index < -0.39 is 0 Å². The second-order valence-corrected chi connectivity index (χ2v) is 7.10. The minimum absolute atomic E-state index is 0.103. The molecule has 2 atom stereocenters. The minimum Gasteiger partial charge on any atom is -0.342 e. The van der Waals surface area contributed by atoms with E-state index in [1.165, 1.54) is 0 Å². The van der Waals surface area contributed by atoms with Crippen LogP contribution in [0.1, 0.15) is 37.9 Å². The van der Waals surface area contributed by atoms with E-state index in [1.807, 2.05) is 36.1 Å². The van der Waals surface area contributed by atoms with Gasteiger partial charge < -0.3 is 14.8 Å². The lowest BCUT2D eigenvalue weighted by Gasteiger charge is -2.33. The molecule has 2 aliphatic rings. The number of H-pyrrole nitrogens is 1. The van der Waals surface area contributed by atoms with E-state index in [2.05, 4.69) is 4.98 Å². The average molecular weight is 340 g/mol. The quantitative estimate of drug-likeness (QED) is 0.931. The summed E-state index contributed by atoms with van der Waals surface area (Å²) in [5.41, 5.74) is 2.02. The first-order valence-corrected chi connectivity index (χ1v) is 9.17. The normalized spacial score (nSPS) is 24.3. The maximum atomic E-state index is 12.9. The van der Waals surface area contributed by atoms with Crippen LogP contribution in [-0.2, 0) is 9.59 Å². The summed E-state index contributed by atoms with van der Waals surface area (Å²) in [7, 11) is 0. The zero-order chi connectivity index (χ0) is 17.4. The van der Waals surface area contributed by atoms with Crippen LogP contribution in [0.4, 0.5) is 0 Å². The average Bonchev–Trinajstić information content (AvgIpc) is 3.24. The summed E-state index contributed by atoms with van der Waals surface area (Å²) in [5, 5.41) is 0. The van der Waals surface area contributed by atoms with Gasteiger partial charge in [-0.05, 0) is 31.9 Å². The second kappa shape index (κ2) is 6.50. The highest BCUT2D eigenvalue weighted by Gasteiger charge is 2.37. The standard InChI is InChI=1S/C19H24N4O2/c1-2-22-12-14(10-17(22)24)19(25)23-9-5-6-13(11-23)18-20-15-7-3-4-8-16(15)21-18/h3-4,7-8,13-14H,2,5-6,9-12H2,1H3,(H,20,21). The van der Waals surface area contributed by atoms with Crippen molar-refractivity contribution in [1.82, 2.24) is 19.8 Å². The molecule has 2 aliphatic heterocycles. The molecule has 1 aromatic carbocycles. The third-order valence-electron chi connectivity index (χ3n) is 5.47. The number of aromatic nitrogens is 2. The highest BCUT2D eigenvalue weighted by Crippen LogP contribution is 2.29. The number of fused-ring (bicyclic) bond motifs is 1. The largest absolute Gasteiger partial charge is 0.342 e. The van der Waals surface area contributed by atoms with Gasteiger partial charge in [0.2, 0.25) is 11.8 Å². The summed E-state index contributed by atoms with van der Waals surface area (Å²) in [6.07, 6.45) is 2.37. The van der Waals surface area contributed by atoms with Gasteiger partial charge in [0.15, 0.2) is 0 Å². The Morgan fingerprint density at radius 2 is 2.16 bits per heavy atom. The Labute approximate surface area is 147 Å². The molecule has 0 saturated carbocycles. The Morgan fingerprint density at radius 1 is 1.32 bits per heavy atom. The molecule has 4 rings (SSSR count). The summed E-state index contributed by atoms with van der Waals surface area (Å²) in [4.78, 5) is 36.6. The number of carbonyl (C=O) groups is 2. The molecule has 0 bridgehead atoms. The smallest absolute Gasteiger partial charge is 0.228 e. The fraction of sp³-hybridized carbons (Fsp3) is 0.526. The number of hydrogen-bond acceptors (Lipinski definition) is 3. The van der Waals surface area contributed by atoms with E-state index in [-0.39, 0.29) is 23.7 Å². The van der Waals surface area contributed by atoms with Crippen molar-refractivity contribution in [3.63, 3.8) is 0 Å². The third kappa shape index (κ3) is 3.01. The number of piperidine rings is 1. The lowest BCUT2D eigenvalue weighted by atomic mass is 9.95. The zero-order valence-electron chi connectivity index (χ0n) is 14.6. The van der Waals surface area contributed by atoms with Crippen LogP contribution >= 0.6 is 0 Å². The van der Waals surface area contributed by atoms with Crippen molar-refractivity contribution >= 4 is 22.8 Å². The molecule has 0 spiro atoms. The van der Waals surface area contributed by atoms with Crippen molar-refractivity contribution in [2.24, 2.45) is 5.92 Å². The topological polar surface area (TPSA) is 69.3 Å². The Bertz CT molecular complexity index is 767. The van der Waals surface area contributed by atoms with Crippen LogP contribution in [0.15, 0.2) is 24.3 Å². The summed E-state index contributed by atoms with van der Waals surface area (Å²) >= 11 is 0. The van der Waals surface area contributed by atoms with Crippen molar-refractivity contribution in [2.75, 3.05) is 26.2 Å². The molecule has 2 unspecified atom stereocenters. The fourth-order valence-electron chi connectivity index (χ4n) is 4.07. The van der Waals surface area contributed by atoms with Crippen LogP contribution in [0.25, 0.3) is 11.0 Å². The number of rotatable bonds is 3. The van der Waals surface area contributed by atoms with E-state index in [1.54, 1.807) is 4.90 Å². The number of nitrogens with zero attached hydrogens (tertiary/aromatic N) is 3. The monoisotopic (exact) mass is 340 g/mol. The number of nitrogens with one attached hydrogen (secondary N) is 1. The van der Waals surface area contributed by atoms with Gasteiger partial charge in [0.25, 0.3) is 0 Å². The molecule has 132 valence electrons. The number of hydrogen-bond donors (Lipinski definition) is 1. The lowest BCUT2D eigenvalue weighted by Crippen LogP contribution is -2.43. The van der Waals surface area contributed by atoms with Gasteiger partial charge in [0.1, 0.15) is 5.82 Å². The van der Waals surface area contributed by atoms with Gasteiger partial charge in [-0.15, -0.1) is 0 Å². The maximum absolute atomic E-state index is 12.9. The number of carbonyl (C=O) groups excluding carboxylic acids is 2. The van der Waals surface area contributed by atoms with E-state index in [4.69, 9.17) is 4.98 Å². The van der Waals surface area contributed by atoms with Gasteiger partial charge in [0, 0.05) is 38.5 Å². The van der Waals surface area contributed by atoms with Crippen molar-refractivity contribution in [2.45, 2.75) is 32.1 Å². The summed E-state index contributed by atoms with van der Waals surface area (Å²) in [5.74, 6) is 1.26. The van der Waals surface area contributed by atoms with E-state index in [0.29, 0.717) is 26.1 Å². The van der Waals surface area contributed by atoms with Gasteiger partial charge in [-0.3, -0.25) is 9.59 Å². The molecule has 1 N–H and O–H groups in total. The molecular weight excluding hydrogens is 316 g/mol. The van der Waals surface area contributed by atoms with Crippen LogP contribution in [-0.4, -0.2) is 57.8 Å². The molecule has 6 heteroatoms. The Balaban J connectivity index is 1.47. The first-order chi connectivity index (χ1) is 12.2. The van der Waals surface area contributed by atoms with Gasteiger partial charge in [-0.1, -0.05) is 12.1 Å². The van der Waals surface area contributed by atoms with Gasteiger partial charge in [-0.2, -0.15) is 0 Å². The first kappa shape index (κ1) is 16.1. The highest BCUT2D eigenvalue weighted by molar-refractivity contribution is 5.89. The Hall–Kier alpha value is -2.37. The summed E-state index contributed by atoms with van der Waals surface area (Å²) in [6, 6.07) is 8.02. The molecule has 25 heavy (non-hydrogen) atoms. The Kier molecular flexibility index (Phi) is 4.19. The molecule has 6 nitrogen and oxygen atoms in total. The Morgan fingerprint density at radius 3 is 2.92 bits per heavy atom. The predicted octanol–water partition coefficient (Wildman–Crippen LogP) is 2.14. The zero-order valence-corrected chi connectivity index (χ0v) is 14.6. The maximum Gasteiger partial charge on any atom is 0.228 e. The number of benzene rings is 1. The molecule has 3 heterocycles. The number of aromatic amines is 1. The fourth-order valence-corrected chi connectivity index (χ4v) is 4.07. The number of imidazole rings is 1. The van der Waals surface area contributed by atoms with E-state index in [9.17, 15) is 9.59 Å². The second-order valence-electron chi connectivity index (χ2n) is 7.10. The van der Waals surface area contributed by atoms with Crippen LogP contribution in [0.3, 0.4) is 0 Å². The van der Waals surface area contributed by atoms with E-state index in [0.717, 1.165) is 36.2 Å². The van der Waals surface area contributed by atoms with Gasteiger partial charge >= 0.3 is 0 Å². The number of amides is 2. The van der Waals surface area contributed by atoms with Crippen LogP contribution in [0, 0.1) is 5.92 Å². The van der Waals surface area contributed by atoms with Gasteiger partial charge in [0.05, 0.1) is 17.0 Å². The van der Waals surface area contributed by atoms with Crippen LogP contribution < -0.4 is 0 Å². The molecule has 2 fully saturated rings. The first-order valence-electron chi connectivity index (χ1n) is 9.17. The van der Waals surface area contributed by atoms with Crippen molar-refractivity contribution < 1.29 is 9.59 Å². The van der Waals surface area contributed by atoms with Crippen molar-refractivity contribution in [3.05, 3.63) is 30.1 Å². The number of likely N-dealkylation sites (tertiary alicyclic amines) is 2. The molecule has 0 radical (unpaired) electrons. The van der Waals surface area contributed by atoms with Gasteiger partial charge in [-0.25, -0.2) is 4.98 Å². The third-order valence-corrected chi connectivity index (χ3v) is 5.47. The lowest BCUT2D eigenvalue weighted by molar-refractivity contribution is -0.137. The molecule has 2 amide bonds. The number of para-hydroxylation sites is 2. The summed E-state index contributed by atoms with van der Waals surface area (Å²) in [6.45, 7) is 4.69. The van der Waals surface area contributed by atoms with Crippen LogP contribution in [0.2, 0.25) is 0 Å². The highest BCUT2D eigenvalue weighted by atomic mass is 16.2. The minimum atomic E-state index is -0.179. The van der Waals surface area contributed by atoms with Crippen molar-refractivity contribution in [1.29, 1.82) is 0 Å². The molecule has 0 aliphatic carbocycles. The van der Waals surface area contributed by atoms with Crippen LogP contribution in [0.5, 0.6) is 0 Å². The summed E-state index contributed by atoms with van der Waals surface area (Å²) < 4.78 is 0. The SMILES string of the molecule is CCN1CC(C(=O)N2CCCC(c3nc4ccccc4[nH]3)C2)CC1=O. The molecule has 1 aromatic heterocycles. The molecule has 2 saturated heterocycles. The van der Waals surface area contributed by atoms with E-state index >= 15 is 0 Å². The molecular formula is C19H24N4O2.